The molecule has 5 nitrogen and oxygen atoms in total. The Kier molecular flexibility index (Phi) is 4.80. The first kappa shape index (κ1) is 15.9. The van der Waals surface area contributed by atoms with Crippen LogP contribution < -0.4 is 5.32 Å². The highest BCUT2D eigenvalue weighted by Gasteiger charge is 2.30. The summed E-state index contributed by atoms with van der Waals surface area (Å²) in [4.78, 5) is 22.8. The number of carbonyl (C=O) groups is 1. The van der Waals surface area contributed by atoms with Gasteiger partial charge >= 0.3 is 0 Å². The van der Waals surface area contributed by atoms with Gasteiger partial charge in [0.15, 0.2) is 0 Å². The van der Waals surface area contributed by atoms with Gasteiger partial charge in [-0.25, -0.2) is 4.98 Å². The minimum atomic E-state index is -0.00731. The Morgan fingerprint density at radius 3 is 2.55 bits per heavy atom. The van der Waals surface area contributed by atoms with Crippen LogP contribution >= 0.6 is 11.3 Å². The standard InChI is InChI=1S/C16H26N4OS/c1-11-13(3)22-15(17-11)10-19-6-8-20(9-7-19)12(2)16(21)18-14-4-5-14/h12,14H,4-10H2,1-3H3,(H,18,21). The number of piperazine rings is 1. The van der Waals surface area contributed by atoms with Crippen LogP contribution in [0.4, 0.5) is 0 Å². The van der Waals surface area contributed by atoms with Gasteiger partial charge in [-0.3, -0.25) is 14.6 Å². The first-order valence-corrected chi connectivity index (χ1v) is 9.04. The molecule has 6 heteroatoms. The summed E-state index contributed by atoms with van der Waals surface area (Å²) in [7, 11) is 0. The van der Waals surface area contributed by atoms with Crippen molar-refractivity contribution in [3.63, 3.8) is 0 Å². The molecule has 1 saturated heterocycles. The van der Waals surface area contributed by atoms with Gasteiger partial charge in [-0.05, 0) is 33.6 Å². The Labute approximate surface area is 136 Å². The molecule has 1 aromatic rings. The smallest absolute Gasteiger partial charge is 0.237 e. The van der Waals surface area contributed by atoms with Crippen LogP contribution in [0.3, 0.4) is 0 Å². The third-order valence-corrected chi connectivity index (χ3v) is 5.75. The average molecular weight is 322 g/mol. The molecule has 1 aliphatic heterocycles. The van der Waals surface area contributed by atoms with Gasteiger partial charge in [0.1, 0.15) is 5.01 Å². The molecule has 1 aromatic heterocycles. The predicted molar refractivity (Wildman–Crippen MR) is 89.1 cm³/mol. The minimum absolute atomic E-state index is 0.00731. The molecular formula is C16H26N4OS. The van der Waals surface area contributed by atoms with Crippen LogP contribution in [-0.4, -0.2) is 59.0 Å². The van der Waals surface area contributed by atoms with Crippen LogP contribution in [0.2, 0.25) is 0 Å². The number of hydrogen-bond acceptors (Lipinski definition) is 5. The van der Waals surface area contributed by atoms with Crippen LogP contribution in [0.25, 0.3) is 0 Å². The average Bonchev–Trinajstić information content (AvgIpc) is 3.25. The lowest BCUT2D eigenvalue weighted by molar-refractivity contribution is -0.126. The molecule has 1 N–H and O–H groups in total. The van der Waals surface area contributed by atoms with E-state index in [4.69, 9.17) is 0 Å². The van der Waals surface area contributed by atoms with E-state index in [1.54, 1.807) is 11.3 Å². The largest absolute Gasteiger partial charge is 0.352 e. The number of aromatic nitrogens is 1. The molecule has 0 spiro atoms. The summed E-state index contributed by atoms with van der Waals surface area (Å²) in [5, 5.41) is 4.32. The first-order valence-electron chi connectivity index (χ1n) is 8.22. The number of nitrogens with one attached hydrogen (secondary N) is 1. The zero-order valence-corrected chi connectivity index (χ0v) is 14.6. The summed E-state index contributed by atoms with van der Waals surface area (Å²) < 4.78 is 0. The number of rotatable bonds is 5. The molecule has 0 bridgehead atoms. The molecule has 122 valence electrons. The normalized spacial score (nSPS) is 21.8. The van der Waals surface area contributed by atoms with Crippen LogP contribution in [0.15, 0.2) is 0 Å². The topological polar surface area (TPSA) is 48.5 Å². The van der Waals surface area contributed by atoms with Crippen molar-refractivity contribution >= 4 is 17.2 Å². The number of carbonyl (C=O) groups excluding carboxylic acids is 1. The summed E-state index contributed by atoms with van der Waals surface area (Å²) in [6.45, 7) is 11.1. The molecule has 3 rings (SSSR count). The van der Waals surface area contributed by atoms with E-state index in [1.807, 2.05) is 6.92 Å². The van der Waals surface area contributed by atoms with Gasteiger partial charge in [-0.1, -0.05) is 0 Å². The van der Waals surface area contributed by atoms with Gasteiger partial charge in [0, 0.05) is 37.1 Å². The minimum Gasteiger partial charge on any atom is -0.352 e. The van der Waals surface area contributed by atoms with Crippen molar-refractivity contribution in [2.45, 2.75) is 52.2 Å². The fraction of sp³-hybridized carbons (Fsp3) is 0.750. The van der Waals surface area contributed by atoms with Crippen molar-refractivity contribution in [3.05, 3.63) is 15.6 Å². The molecule has 2 aliphatic rings. The second-order valence-corrected chi connectivity index (χ2v) is 7.81. The number of thiazole rings is 1. The van der Waals surface area contributed by atoms with Gasteiger partial charge in [0.2, 0.25) is 5.91 Å². The molecule has 0 aromatic carbocycles. The zero-order chi connectivity index (χ0) is 15.7. The SMILES string of the molecule is Cc1nc(CN2CCN(C(C)C(=O)NC3CC3)CC2)sc1C. The van der Waals surface area contributed by atoms with Crippen LogP contribution in [0.5, 0.6) is 0 Å². The quantitative estimate of drug-likeness (QED) is 0.893. The van der Waals surface area contributed by atoms with E-state index in [0.717, 1.165) is 51.3 Å². The second-order valence-electron chi connectivity index (χ2n) is 6.52. The zero-order valence-electron chi connectivity index (χ0n) is 13.8. The van der Waals surface area contributed by atoms with Crippen molar-refractivity contribution in [3.8, 4) is 0 Å². The summed E-state index contributed by atoms with van der Waals surface area (Å²) >= 11 is 1.80. The highest BCUT2D eigenvalue weighted by Crippen LogP contribution is 2.20. The Morgan fingerprint density at radius 1 is 1.32 bits per heavy atom. The third kappa shape index (κ3) is 3.86. The highest BCUT2D eigenvalue weighted by atomic mass is 32.1. The van der Waals surface area contributed by atoms with Gasteiger partial charge in [-0.15, -0.1) is 11.3 Å². The summed E-state index contributed by atoms with van der Waals surface area (Å²) in [6, 6.07) is 0.444. The molecule has 2 fully saturated rings. The lowest BCUT2D eigenvalue weighted by Crippen LogP contribution is -2.53. The molecule has 22 heavy (non-hydrogen) atoms. The van der Waals surface area contributed by atoms with Gasteiger partial charge in [0.25, 0.3) is 0 Å². The number of amides is 1. The van der Waals surface area contributed by atoms with E-state index < -0.39 is 0 Å². The van der Waals surface area contributed by atoms with Crippen LogP contribution in [0, 0.1) is 13.8 Å². The van der Waals surface area contributed by atoms with Gasteiger partial charge in [0.05, 0.1) is 18.3 Å². The Balaban J connectivity index is 1.46. The van der Waals surface area contributed by atoms with Crippen molar-refractivity contribution < 1.29 is 4.79 Å². The Hall–Kier alpha value is -0.980. The van der Waals surface area contributed by atoms with E-state index in [-0.39, 0.29) is 11.9 Å². The van der Waals surface area contributed by atoms with Gasteiger partial charge < -0.3 is 5.32 Å². The Morgan fingerprint density at radius 2 is 2.00 bits per heavy atom. The lowest BCUT2D eigenvalue weighted by atomic mass is 10.2. The lowest BCUT2D eigenvalue weighted by Gasteiger charge is -2.37. The summed E-state index contributed by atoms with van der Waals surface area (Å²) in [6.07, 6.45) is 2.30. The molecule has 1 amide bonds. The van der Waals surface area contributed by atoms with Crippen molar-refractivity contribution in [2.24, 2.45) is 0 Å². The fourth-order valence-electron chi connectivity index (χ4n) is 2.82. The molecule has 2 heterocycles. The molecule has 1 saturated carbocycles. The molecule has 1 unspecified atom stereocenters. The van der Waals surface area contributed by atoms with E-state index in [0.29, 0.717) is 6.04 Å². The molecule has 1 atom stereocenters. The summed E-state index contributed by atoms with van der Waals surface area (Å²) in [5.74, 6) is 0.196. The maximum absolute atomic E-state index is 12.1. The third-order valence-electron chi connectivity index (χ3n) is 4.69. The summed E-state index contributed by atoms with van der Waals surface area (Å²) in [5.41, 5.74) is 1.16. The predicted octanol–water partition coefficient (Wildman–Crippen LogP) is 1.54. The van der Waals surface area contributed by atoms with E-state index in [2.05, 4.69) is 33.9 Å². The van der Waals surface area contributed by atoms with E-state index in [1.165, 1.54) is 9.88 Å². The number of nitrogens with zero attached hydrogens (tertiary/aromatic N) is 3. The van der Waals surface area contributed by atoms with Crippen molar-refractivity contribution in [2.75, 3.05) is 26.2 Å². The molecule has 1 aliphatic carbocycles. The van der Waals surface area contributed by atoms with E-state index >= 15 is 0 Å². The van der Waals surface area contributed by atoms with E-state index in [9.17, 15) is 4.79 Å². The molecule has 0 radical (unpaired) electrons. The number of aryl methyl sites for hydroxylation is 2. The monoisotopic (exact) mass is 322 g/mol. The Bertz CT molecular complexity index is 513. The van der Waals surface area contributed by atoms with Crippen molar-refractivity contribution in [1.82, 2.24) is 20.1 Å². The second kappa shape index (κ2) is 6.64. The van der Waals surface area contributed by atoms with Crippen LogP contribution in [-0.2, 0) is 11.3 Å². The van der Waals surface area contributed by atoms with Crippen molar-refractivity contribution in [1.29, 1.82) is 0 Å². The van der Waals surface area contributed by atoms with Crippen LogP contribution in [0.1, 0.15) is 35.3 Å². The first-order chi connectivity index (χ1) is 10.5. The fourth-order valence-corrected chi connectivity index (χ4v) is 3.80. The number of hydrogen-bond donors (Lipinski definition) is 1. The maximum atomic E-state index is 12.1. The molecular weight excluding hydrogens is 296 g/mol. The maximum Gasteiger partial charge on any atom is 0.237 e. The van der Waals surface area contributed by atoms with Gasteiger partial charge in [-0.2, -0.15) is 0 Å². The highest BCUT2D eigenvalue weighted by molar-refractivity contribution is 7.11.